The zero-order chi connectivity index (χ0) is 23.7. The molecule has 0 N–H and O–H groups in total. The molecule has 1 fully saturated rings. The van der Waals surface area contributed by atoms with Gasteiger partial charge < -0.3 is 0 Å². The molecular formula is C30H40FeN2. The van der Waals surface area contributed by atoms with Crippen molar-refractivity contribution in [3.05, 3.63) is 83.3 Å². The second kappa shape index (κ2) is 14.5. The van der Waals surface area contributed by atoms with Gasteiger partial charge in [-0.2, -0.15) is 0 Å². The minimum Gasteiger partial charge on any atom is -0.251 e. The van der Waals surface area contributed by atoms with Crippen molar-refractivity contribution < 1.29 is 17.1 Å². The summed E-state index contributed by atoms with van der Waals surface area (Å²) in [5.41, 5.74) is 11.4. The summed E-state index contributed by atoms with van der Waals surface area (Å²) in [6.07, 6.45) is 14.0. The number of hydrogen-bond acceptors (Lipinski definition) is 2. The largest absolute Gasteiger partial charge is 0.251 e. The molecule has 2 nitrogen and oxygen atoms in total. The van der Waals surface area contributed by atoms with E-state index in [2.05, 4.69) is 91.5 Å². The molecule has 33 heavy (non-hydrogen) atoms. The summed E-state index contributed by atoms with van der Waals surface area (Å²) < 4.78 is 0. The van der Waals surface area contributed by atoms with Gasteiger partial charge in [0.2, 0.25) is 0 Å². The minimum atomic E-state index is 0. The molecule has 0 unspecified atom stereocenters. The first-order chi connectivity index (χ1) is 15.2. The molecule has 0 aromatic heterocycles. The maximum atomic E-state index is 4.86. The maximum Gasteiger partial charge on any atom is 0.0692 e. The van der Waals surface area contributed by atoms with Gasteiger partial charge in [-0.1, -0.05) is 35.4 Å². The van der Waals surface area contributed by atoms with Crippen LogP contribution in [0.2, 0.25) is 0 Å². The number of aryl methyl sites for hydroxylation is 6. The zero-order valence-electron chi connectivity index (χ0n) is 21.7. The topological polar surface area (TPSA) is 24.7 Å². The van der Waals surface area contributed by atoms with Crippen LogP contribution in [0.3, 0.4) is 0 Å². The molecule has 1 aliphatic carbocycles. The normalized spacial score (nSPS) is 15.0. The van der Waals surface area contributed by atoms with Gasteiger partial charge in [0.05, 0.1) is 22.8 Å². The minimum absolute atomic E-state index is 0. The molecular weight excluding hydrogens is 444 g/mol. The van der Waals surface area contributed by atoms with Gasteiger partial charge in [0, 0.05) is 17.1 Å². The van der Waals surface area contributed by atoms with Crippen LogP contribution < -0.4 is 0 Å². The molecule has 1 saturated carbocycles. The average Bonchev–Trinajstić information content (AvgIpc) is 2.67. The van der Waals surface area contributed by atoms with Crippen molar-refractivity contribution in [2.75, 3.05) is 0 Å². The predicted octanol–water partition coefficient (Wildman–Crippen LogP) is 8.80. The molecule has 0 spiro atoms. The van der Waals surface area contributed by atoms with Crippen LogP contribution in [0.5, 0.6) is 0 Å². The third-order valence-corrected chi connectivity index (χ3v) is 5.69. The van der Waals surface area contributed by atoms with Gasteiger partial charge in [-0.05, 0) is 129 Å². The van der Waals surface area contributed by atoms with E-state index in [1.165, 1.54) is 59.1 Å². The second-order valence-corrected chi connectivity index (χ2v) is 8.99. The summed E-state index contributed by atoms with van der Waals surface area (Å²) in [7, 11) is 0. The summed E-state index contributed by atoms with van der Waals surface area (Å²) in [5, 5.41) is 0. The van der Waals surface area contributed by atoms with Crippen molar-refractivity contribution in [3.8, 4) is 0 Å². The van der Waals surface area contributed by atoms with Crippen LogP contribution in [0.15, 0.2) is 34.3 Å². The molecule has 0 aliphatic heterocycles. The number of aliphatic imine (C=N–C) groups is 2. The van der Waals surface area contributed by atoms with Crippen molar-refractivity contribution in [1.82, 2.24) is 0 Å². The first kappa shape index (κ1) is 29.3. The van der Waals surface area contributed by atoms with E-state index in [1.54, 1.807) is 0 Å². The smallest absolute Gasteiger partial charge is 0.0692 e. The molecule has 0 atom stereocenters. The van der Waals surface area contributed by atoms with Gasteiger partial charge in [-0.15, -0.1) is 0 Å². The summed E-state index contributed by atoms with van der Waals surface area (Å²) in [4.78, 5) is 9.72. The SMILES string of the molecule is CC(=Nc1c(C)cc(C)cc1C)C(C)=Nc1c(C)cc(C)cc1C.[CH]1[CH]CC[CH][CH]CC1.[Fe]. The molecule has 1 aliphatic rings. The Morgan fingerprint density at radius 1 is 0.515 bits per heavy atom. The van der Waals surface area contributed by atoms with E-state index in [-0.39, 0.29) is 17.1 Å². The fourth-order valence-electron chi connectivity index (χ4n) is 4.05. The van der Waals surface area contributed by atoms with E-state index in [1.807, 2.05) is 13.8 Å². The van der Waals surface area contributed by atoms with Crippen molar-refractivity contribution in [2.24, 2.45) is 9.98 Å². The fourth-order valence-corrected chi connectivity index (χ4v) is 4.05. The number of hydrogen-bond donors (Lipinski definition) is 0. The molecule has 0 heterocycles. The molecule has 2 aromatic carbocycles. The van der Waals surface area contributed by atoms with Gasteiger partial charge in [-0.3, -0.25) is 9.98 Å². The molecule has 3 heteroatoms. The molecule has 0 amide bonds. The molecule has 3 rings (SSSR count). The van der Waals surface area contributed by atoms with Crippen molar-refractivity contribution in [2.45, 2.75) is 81.1 Å². The maximum absolute atomic E-state index is 4.86. The Morgan fingerprint density at radius 3 is 1.00 bits per heavy atom. The Hall–Kier alpha value is -1.70. The van der Waals surface area contributed by atoms with Crippen LogP contribution in [0.1, 0.15) is 72.9 Å². The molecule has 0 bridgehead atoms. The third-order valence-electron chi connectivity index (χ3n) is 5.69. The summed E-state index contributed by atoms with van der Waals surface area (Å²) in [6, 6.07) is 8.72. The monoisotopic (exact) mass is 484 g/mol. The summed E-state index contributed by atoms with van der Waals surface area (Å²) in [6.45, 7) is 16.8. The number of benzene rings is 2. The Balaban J connectivity index is 0.000000511. The molecule has 4 radical (unpaired) electrons. The number of rotatable bonds is 3. The molecule has 0 saturated heterocycles. The van der Waals surface area contributed by atoms with Gasteiger partial charge in [0.25, 0.3) is 0 Å². The Kier molecular flexibility index (Phi) is 12.9. The van der Waals surface area contributed by atoms with Crippen LogP contribution in [0.4, 0.5) is 11.4 Å². The van der Waals surface area contributed by atoms with Crippen LogP contribution in [-0.4, -0.2) is 11.4 Å². The van der Waals surface area contributed by atoms with E-state index in [9.17, 15) is 0 Å². The quantitative estimate of drug-likeness (QED) is 0.307. The van der Waals surface area contributed by atoms with Crippen LogP contribution in [0, 0.1) is 67.2 Å². The Morgan fingerprint density at radius 2 is 0.758 bits per heavy atom. The summed E-state index contributed by atoms with van der Waals surface area (Å²) in [5.74, 6) is 0. The third kappa shape index (κ3) is 9.59. The van der Waals surface area contributed by atoms with Crippen molar-refractivity contribution in [1.29, 1.82) is 0 Å². The van der Waals surface area contributed by atoms with Crippen LogP contribution in [-0.2, 0) is 17.1 Å². The summed E-state index contributed by atoms with van der Waals surface area (Å²) >= 11 is 0. The standard InChI is InChI=1S/C22H28N2.C8H12.Fe/c1-13-9-15(3)21(16(4)10-13)23-19(7)20(8)24-22-17(5)11-14(2)12-18(22)6;1-2-4-6-8-7-5-3-1;/h9-12H,1-8H3;1-2,7-8H,3-6H2;. The van der Waals surface area contributed by atoms with Crippen LogP contribution in [0.25, 0.3) is 0 Å². The second-order valence-electron chi connectivity index (χ2n) is 8.99. The van der Waals surface area contributed by atoms with E-state index < -0.39 is 0 Å². The van der Waals surface area contributed by atoms with E-state index in [4.69, 9.17) is 9.98 Å². The van der Waals surface area contributed by atoms with Gasteiger partial charge >= 0.3 is 0 Å². The Labute approximate surface area is 213 Å². The van der Waals surface area contributed by atoms with E-state index in [0.29, 0.717) is 0 Å². The van der Waals surface area contributed by atoms with Crippen LogP contribution >= 0.6 is 0 Å². The van der Waals surface area contributed by atoms with Gasteiger partial charge in [0.15, 0.2) is 0 Å². The fraction of sp³-hybridized carbons (Fsp3) is 0.400. The first-order valence-electron chi connectivity index (χ1n) is 11.8. The zero-order valence-corrected chi connectivity index (χ0v) is 22.8. The van der Waals surface area contributed by atoms with Crippen molar-refractivity contribution >= 4 is 22.8 Å². The first-order valence-corrected chi connectivity index (χ1v) is 11.8. The number of nitrogens with zero attached hydrogens (tertiary/aromatic N) is 2. The van der Waals surface area contributed by atoms with Gasteiger partial charge in [0.1, 0.15) is 0 Å². The van der Waals surface area contributed by atoms with Gasteiger partial charge in [-0.25, -0.2) is 0 Å². The Bertz CT molecular complexity index is 828. The molecule has 178 valence electrons. The molecule has 2 aromatic rings. The van der Waals surface area contributed by atoms with E-state index in [0.717, 1.165) is 22.8 Å². The van der Waals surface area contributed by atoms with Crippen molar-refractivity contribution in [3.63, 3.8) is 0 Å². The van der Waals surface area contributed by atoms with E-state index >= 15 is 0 Å². The predicted molar refractivity (Wildman–Crippen MR) is 143 cm³/mol. The average molecular weight is 485 g/mol.